The molecule has 1 saturated heterocycles. The highest BCUT2D eigenvalue weighted by atomic mass is 19.4. The van der Waals surface area contributed by atoms with Crippen LogP contribution in [0.3, 0.4) is 0 Å². The van der Waals surface area contributed by atoms with Gasteiger partial charge in [-0.25, -0.2) is 0 Å². The third kappa shape index (κ3) is 3.30. The Kier molecular flexibility index (Phi) is 4.39. The van der Waals surface area contributed by atoms with Crippen molar-refractivity contribution in [1.82, 2.24) is 4.90 Å². The molecule has 0 spiro atoms. The molecule has 136 valence electrons. The highest BCUT2D eigenvalue weighted by Crippen LogP contribution is 2.41. The van der Waals surface area contributed by atoms with Gasteiger partial charge >= 0.3 is 6.18 Å². The second-order valence-corrected chi connectivity index (χ2v) is 7.38. The predicted octanol–water partition coefficient (Wildman–Crippen LogP) is 5.83. The number of nitrogens with zero attached hydrogens (tertiary/aromatic N) is 1. The number of benzene rings is 2. The molecule has 2 aromatic carbocycles. The van der Waals surface area contributed by atoms with Gasteiger partial charge in [0.25, 0.3) is 0 Å². The van der Waals surface area contributed by atoms with Crippen LogP contribution in [0.2, 0.25) is 0 Å². The predicted molar refractivity (Wildman–Crippen MR) is 97.6 cm³/mol. The van der Waals surface area contributed by atoms with E-state index < -0.39 is 11.7 Å². The first kappa shape index (κ1) is 17.3. The fourth-order valence-electron chi connectivity index (χ4n) is 4.30. The molecule has 1 fully saturated rings. The Morgan fingerprint density at radius 2 is 1.81 bits per heavy atom. The molecule has 0 amide bonds. The summed E-state index contributed by atoms with van der Waals surface area (Å²) in [6, 6.07) is 15.2. The van der Waals surface area contributed by atoms with Gasteiger partial charge in [-0.2, -0.15) is 13.2 Å². The van der Waals surface area contributed by atoms with E-state index in [2.05, 4.69) is 35.2 Å². The van der Waals surface area contributed by atoms with E-state index in [9.17, 15) is 13.2 Å². The molecule has 0 aliphatic carbocycles. The first-order chi connectivity index (χ1) is 12.4. The standard InChI is InChI=1S/C22H22F3N/c1-15-7-8-18(22(23,24)25)13-21(15)17-11-19-9-10-20(12-17)26(19)14-16-5-3-2-4-6-16/h2-8,11,13,19-20H,9-10,12,14H2,1H3. The first-order valence-corrected chi connectivity index (χ1v) is 9.10. The average Bonchev–Trinajstić information content (AvgIpc) is 2.84. The second-order valence-electron chi connectivity index (χ2n) is 7.38. The molecular weight excluding hydrogens is 335 g/mol. The van der Waals surface area contributed by atoms with Gasteiger partial charge < -0.3 is 0 Å². The highest BCUT2D eigenvalue weighted by Gasteiger charge is 2.37. The van der Waals surface area contributed by atoms with E-state index >= 15 is 0 Å². The number of halogens is 3. The minimum absolute atomic E-state index is 0.317. The first-order valence-electron chi connectivity index (χ1n) is 9.10. The Bertz CT molecular complexity index is 823. The molecule has 0 radical (unpaired) electrons. The van der Waals surface area contributed by atoms with Crippen molar-refractivity contribution < 1.29 is 13.2 Å². The fourth-order valence-corrected chi connectivity index (χ4v) is 4.30. The van der Waals surface area contributed by atoms with Crippen molar-refractivity contribution in [2.75, 3.05) is 0 Å². The number of alkyl halides is 3. The Morgan fingerprint density at radius 1 is 1.04 bits per heavy atom. The van der Waals surface area contributed by atoms with Crippen LogP contribution in [-0.4, -0.2) is 17.0 Å². The zero-order valence-corrected chi connectivity index (χ0v) is 14.8. The Hall–Kier alpha value is -2.07. The highest BCUT2D eigenvalue weighted by molar-refractivity contribution is 5.71. The van der Waals surface area contributed by atoms with Crippen molar-refractivity contribution in [2.45, 2.75) is 51.0 Å². The van der Waals surface area contributed by atoms with Gasteiger partial charge in [0, 0.05) is 18.6 Å². The van der Waals surface area contributed by atoms with Crippen LogP contribution in [-0.2, 0) is 12.7 Å². The SMILES string of the molecule is Cc1ccc(C(F)(F)F)cc1C1=CC2CCC(C1)N2Cc1ccccc1. The molecule has 1 nitrogen and oxygen atoms in total. The van der Waals surface area contributed by atoms with Crippen LogP contribution < -0.4 is 0 Å². The summed E-state index contributed by atoms with van der Waals surface area (Å²) in [5.74, 6) is 0. The summed E-state index contributed by atoms with van der Waals surface area (Å²) in [6.07, 6.45) is 0.922. The van der Waals surface area contributed by atoms with Gasteiger partial charge in [0.05, 0.1) is 5.56 Å². The van der Waals surface area contributed by atoms with E-state index in [0.717, 1.165) is 42.5 Å². The lowest BCUT2D eigenvalue weighted by atomic mass is 9.90. The molecule has 0 N–H and O–H groups in total. The fraction of sp³-hybridized carbons (Fsp3) is 0.364. The van der Waals surface area contributed by atoms with Crippen LogP contribution in [0.25, 0.3) is 5.57 Å². The number of hydrogen-bond donors (Lipinski definition) is 0. The van der Waals surface area contributed by atoms with Crippen LogP contribution >= 0.6 is 0 Å². The summed E-state index contributed by atoms with van der Waals surface area (Å²) < 4.78 is 39.3. The molecule has 2 aromatic rings. The van der Waals surface area contributed by atoms with Crippen molar-refractivity contribution in [3.8, 4) is 0 Å². The molecule has 4 rings (SSSR count). The van der Waals surface area contributed by atoms with Crippen LogP contribution in [0.4, 0.5) is 13.2 Å². The molecule has 2 aliphatic rings. The van der Waals surface area contributed by atoms with Crippen molar-refractivity contribution in [2.24, 2.45) is 0 Å². The largest absolute Gasteiger partial charge is 0.416 e. The van der Waals surface area contributed by atoms with Crippen LogP contribution in [0.15, 0.2) is 54.6 Å². The van der Waals surface area contributed by atoms with E-state index in [1.165, 1.54) is 17.7 Å². The molecule has 2 aliphatic heterocycles. The van der Waals surface area contributed by atoms with Gasteiger partial charge in [-0.15, -0.1) is 0 Å². The van der Waals surface area contributed by atoms with E-state index in [-0.39, 0.29) is 0 Å². The lowest BCUT2D eigenvalue weighted by molar-refractivity contribution is -0.137. The van der Waals surface area contributed by atoms with Crippen molar-refractivity contribution in [3.05, 3.63) is 76.9 Å². The Balaban J connectivity index is 1.62. The monoisotopic (exact) mass is 357 g/mol. The molecule has 2 atom stereocenters. The zero-order valence-electron chi connectivity index (χ0n) is 14.8. The summed E-state index contributed by atoms with van der Waals surface area (Å²) in [6.45, 7) is 2.80. The van der Waals surface area contributed by atoms with Crippen molar-refractivity contribution >= 4 is 5.57 Å². The topological polar surface area (TPSA) is 3.24 Å². The second kappa shape index (κ2) is 6.58. The van der Waals surface area contributed by atoms with Crippen LogP contribution in [0.1, 0.15) is 41.5 Å². The van der Waals surface area contributed by atoms with Crippen molar-refractivity contribution in [3.63, 3.8) is 0 Å². The maximum Gasteiger partial charge on any atom is 0.416 e. The zero-order chi connectivity index (χ0) is 18.3. The molecule has 2 heterocycles. The summed E-state index contributed by atoms with van der Waals surface area (Å²) in [5.41, 5.74) is 3.48. The minimum Gasteiger partial charge on any atom is -0.289 e. The summed E-state index contributed by atoms with van der Waals surface area (Å²) in [7, 11) is 0. The maximum absolute atomic E-state index is 13.1. The van der Waals surface area contributed by atoms with Gasteiger partial charge in [-0.1, -0.05) is 42.5 Å². The number of aryl methyl sites for hydroxylation is 1. The van der Waals surface area contributed by atoms with E-state index in [4.69, 9.17) is 0 Å². The third-order valence-electron chi connectivity index (χ3n) is 5.66. The summed E-state index contributed by atoms with van der Waals surface area (Å²) in [5, 5.41) is 0. The Morgan fingerprint density at radius 3 is 2.50 bits per heavy atom. The van der Waals surface area contributed by atoms with Crippen LogP contribution in [0.5, 0.6) is 0 Å². The number of hydrogen-bond acceptors (Lipinski definition) is 1. The van der Waals surface area contributed by atoms with E-state index in [1.807, 2.05) is 13.0 Å². The normalized spacial score (nSPS) is 23.2. The third-order valence-corrected chi connectivity index (χ3v) is 5.66. The molecule has 26 heavy (non-hydrogen) atoms. The lowest BCUT2D eigenvalue weighted by Crippen LogP contribution is -2.37. The molecule has 2 unspecified atom stereocenters. The van der Waals surface area contributed by atoms with E-state index in [0.29, 0.717) is 12.1 Å². The van der Waals surface area contributed by atoms with Gasteiger partial charge in [0.2, 0.25) is 0 Å². The molecule has 2 bridgehead atoms. The van der Waals surface area contributed by atoms with Crippen molar-refractivity contribution in [1.29, 1.82) is 0 Å². The van der Waals surface area contributed by atoms with Gasteiger partial charge in [0.15, 0.2) is 0 Å². The summed E-state index contributed by atoms with van der Waals surface area (Å²) >= 11 is 0. The molecule has 0 saturated carbocycles. The minimum atomic E-state index is -4.30. The van der Waals surface area contributed by atoms with Crippen LogP contribution in [0, 0.1) is 6.92 Å². The smallest absolute Gasteiger partial charge is 0.289 e. The molecule has 4 heteroatoms. The average molecular weight is 357 g/mol. The lowest BCUT2D eigenvalue weighted by Gasteiger charge is -2.34. The van der Waals surface area contributed by atoms with Gasteiger partial charge in [0.1, 0.15) is 0 Å². The number of fused-ring (bicyclic) bond motifs is 2. The summed E-state index contributed by atoms with van der Waals surface area (Å²) in [4.78, 5) is 2.50. The molecule has 0 aromatic heterocycles. The molecular formula is C22H22F3N. The van der Waals surface area contributed by atoms with E-state index in [1.54, 1.807) is 6.07 Å². The van der Waals surface area contributed by atoms with Gasteiger partial charge in [-0.05, 0) is 60.6 Å². The Labute approximate surface area is 152 Å². The number of rotatable bonds is 3. The quantitative estimate of drug-likeness (QED) is 0.668. The maximum atomic E-state index is 13.1. The van der Waals surface area contributed by atoms with Gasteiger partial charge in [-0.3, -0.25) is 4.90 Å².